The first-order chi connectivity index (χ1) is 13.5. The molecule has 0 N–H and O–H groups in total. The first-order valence-electron chi connectivity index (χ1n) is 8.64. The molecule has 0 spiro atoms. The van der Waals surface area contributed by atoms with Crippen molar-refractivity contribution in [1.82, 2.24) is 0 Å². The molecule has 142 valence electrons. The Morgan fingerprint density at radius 2 is 1.39 bits per heavy atom. The van der Waals surface area contributed by atoms with E-state index in [2.05, 4.69) is 15.9 Å². The third-order valence-electron chi connectivity index (χ3n) is 4.21. The minimum atomic E-state index is -3.21. The SMILES string of the molecule is O=C(CP(=O)(c1ccccc1)c1ccccc1)OCC(=O)c1cccc(Br)c1. The molecule has 0 saturated carbocycles. The Bertz CT molecular complexity index is 975. The topological polar surface area (TPSA) is 60.4 Å². The van der Waals surface area contributed by atoms with Crippen LogP contribution in [-0.2, 0) is 14.1 Å². The number of halogens is 1. The van der Waals surface area contributed by atoms with Gasteiger partial charge in [0.1, 0.15) is 6.16 Å². The van der Waals surface area contributed by atoms with Gasteiger partial charge >= 0.3 is 5.97 Å². The first-order valence-corrected chi connectivity index (χ1v) is 11.3. The summed E-state index contributed by atoms with van der Waals surface area (Å²) in [6.07, 6.45) is -0.299. The lowest BCUT2D eigenvalue weighted by Gasteiger charge is -2.18. The van der Waals surface area contributed by atoms with Crippen LogP contribution in [0.25, 0.3) is 0 Å². The molecule has 0 amide bonds. The normalized spacial score (nSPS) is 11.0. The second kappa shape index (κ2) is 9.13. The fraction of sp³-hybridized carbons (Fsp3) is 0.0909. The van der Waals surface area contributed by atoms with Crippen LogP contribution in [0.1, 0.15) is 10.4 Å². The molecule has 3 aromatic rings. The number of benzene rings is 3. The van der Waals surface area contributed by atoms with Crippen molar-refractivity contribution in [2.45, 2.75) is 0 Å². The smallest absolute Gasteiger partial charge is 0.314 e. The molecule has 0 heterocycles. The number of ketones is 1. The number of ether oxygens (including phenoxy) is 1. The van der Waals surface area contributed by atoms with E-state index in [1.807, 2.05) is 12.1 Å². The molecule has 0 bridgehead atoms. The minimum Gasteiger partial charge on any atom is -0.457 e. The maximum absolute atomic E-state index is 13.8. The second-order valence-corrected chi connectivity index (χ2v) is 9.91. The average Bonchev–Trinajstić information content (AvgIpc) is 2.73. The average molecular weight is 457 g/mol. The van der Waals surface area contributed by atoms with Gasteiger partial charge in [-0.3, -0.25) is 9.59 Å². The van der Waals surface area contributed by atoms with Crippen molar-refractivity contribution >= 4 is 45.4 Å². The van der Waals surface area contributed by atoms with Crippen LogP contribution in [0.4, 0.5) is 0 Å². The highest BCUT2D eigenvalue weighted by Crippen LogP contribution is 2.43. The van der Waals surface area contributed by atoms with E-state index in [4.69, 9.17) is 4.74 Å². The van der Waals surface area contributed by atoms with Crippen molar-refractivity contribution in [3.05, 3.63) is 95.0 Å². The zero-order valence-corrected chi connectivity index (χ0v) is 17.4. The predicted octanol–water partition coefficient (Wildman–Crippen LogP) is 4.19. The lowest BCUT2D eigenvalue weighted by Crippen LogP contribution is -2.25. The summed E-state index contributed by atoms with van der Waals surface area (Å²) in [6.45, 7) is -0.390. The van der Waals surface area contributed by atoms with Crippen LogP contribution in [0, 0.1) is 0 Å². The summed E-state index contributed by atoms with van der Waals surface area (Å²) in [7, 11) is -3.21. The Kier molecular flexibility index (Phi) is 6.61. The van der Waals surface area contributed by atoms with Crippen molar-refractivity contribution in [2.24, 2.45) is 0 Å². The van der Waals surface area contributed by atoms with Gasteiger partial charge in [-0.05, 0) is 12.1 Å². The standard InChI is InChI=1S/C22H18BrO4P/c23-18-9-7-8-17(14-18)21(24)15-27-22(25)16-28(26,19-10-3-1-4-11-19)20-12-5-2-6-13-20/h1-14H,15-16H2. The largest absolute Gasteiger partial charge is 0.457 e. The van der Waals surface area contributed by atoms with Crippen molar-refractivity contribution in [3.8, 4) is 0 Å². The molecule has 4 nitrogen and oxygen atoms in total. The monoisotopic (exact) mass is 456 g/mol. The molecule has 0 fully saturated rings. The van der Waals surface area contributed by atoms with Crippen LogP contribution in [0.2, 0.25) is 0 Å². The van der Waals surface area contributed by atoms with Crippen LogP contribution in [0.15, 0.2) is 89.4 Å². The quantitative estimate of drug-likeness (QED) is 0.303. The summed E-state index contributed by atoms with van der Waals surface area (Å²) in [5, 5.41) is 1.16. The van der Waals surface area contributed by atoms with Gasteiger partial charge in [0.25, 0.3) is 0 Å². The van der Waals surface area contributed by atoms with Crippen molar-refractivity contribution in [2.75, 3.05) is 12.8 Å². The number of hydrogen-bond acceptors (Lipinski definition) is 4. The molecule has 0 saturated heterocycles. The summed E-state index contributed by atoms with van der Waals surface area (Å²) in [4.78, 5) is 24.7. The molecular weight excluding hydrogens is 439 g/mol. The van der Waals surface area contributed by atoms with E-state index in [0.29, 0.717) is 16.2 Å². The number of hydrogen-bond donors (Lipinski definition) is 0. The summed E-state index contributed by atoms with van der Waals surface area (Å²) in [5.74, 6) is -0.983. The maximum Gasteiger partial charge on any atom is 0.314 e. The Balaban J connectivity index is 1.75. The number of carbonyl (C=O) groups excluding carboxylic acids is 2. The van der Waals surface area contributed by atoms with Gasteiger partial charge in [0.05, 0.1) is 0 Å². The predicted molar refractivity (Wildman–Crippen MR) is 114 cm³/mol. The van der Waals surface area contributed by atoms with E-state index in [1.165, 1.54) is 0 Å². The van der Waals surface area contributed by atoms with Crippen LogP contribution in [0.3, 0.4) is 0 Å². The highest BCUT2D eigenvalue weighted by molar-refractivity contribution is 9.10. The summed E-state index contributed by atoms with van der Waals surface area (Å²) in [6, 6.07) is 24.6. The fourth-order valence-electron chi connectivity index (χ4n) is 2.79. The third kappa shape index (κ3) is 4.86. The van der Waals surface area contributed by atoms with Gasteiger partial charge in [-0.15, -0.1) is 0 Å². The highest BCUT2D eigenvalue weighted by Gasteiger charge is 2.31. The Morgan fingerprint density at radius 3 is 1.93 bits per heavy atom. The van der Waals surface area contributed by atoms with Gasteiger partial charge < -0.3 is 9.30 Å². The number of esters is 1. The van der Waals surface area contributed by atoms with Gasteiger partial charge in [0, 0.05) is 20.6 Å². The van der Waals surface area contributed by atoms with Crippen LogP contribution in [0.5, 0.6) is 0 Å². The van der Waals surface area contributed by atoms with E-state index >= 15 is 0 Å². The van der Waals surface area contributed by atoms with E-state index in [9.17, 15) is 14.2 Å². The molecule has 0 atom stereocenters. The summed E-state index contributed by atoms with van der Waals surface area (Å²) in [5.41, 5.74) is 0.441. The fourth-order valence-corrected chi connectivity index (χ4v) is 5.61. The third-order valence-corrected chi connectivity index (χ3v) is 7.67. The van der Waals surface area contributed by atoms with Crippen LogP contribution < -0.4 is 10.6 Å². The molecule has 0 unspecified atom stereocenters. The van der Waals surface area contributed by atoms with E-state index in [-0.39, 0.29) is 11.9 Å². The van der Waals surface area contributed by atoms with E-state index in [0.717, 1.165) is 4.47 Å². The van der Waals surface area contributed by atoms with Crippen molar-refractivity contribution < 1.29 is 18.9 Å². The Morgan fingerprint density at radius 1 is 0.821 bits per heavy atom. The molecule has 0 aromatic heterocycles. The summed E-state index contributed by atoms with van der Waals surface area (Å²) >= 11 is 3.31. The minimum absolute atomic E-state index is 0.299. The molecular formula is C22H18BrO4P. The molecule has 3 rings (SSSR count). The Labute approximate surface area is 172 Å². The maximum atomic E-state index is 13.8. The second-order valence-electron chi connectivity index (χ2n) is 6.16. The number of carbonyl (C=O) groups is 2. The van der Waals surface area contributed by atoms with E-state index < -0.39 is 19.7 Å². The molecule has 28 heavy (non-hydrogen) atoms. The van der Waals surface area contributed by atoms with Gasteiger partial charge in [0.15, 0.2) is 19.5 Å². The summed E-state index contributed by atoms with van der Waals surface area (Å²) < 4.78 is 19.7. The zero-order chi connectivity index (χ0) is 20.0. The lowest BCUT2D eigenvalue weighted by molar-refractivity contribution is -0.139. The number of rotatable bonds is 7. The zero-order valence-electron chi connectivity index (χ0n) is 15.0. The molecule has 6 heteroatoms. The van der Waals surface area contributed by atoms with Crippen LogP contribution in [-0.4, -0.2) is 24.5 Å². The molecule has 0 aliphatic carbocycles. The van der Waals surface area contributed by atoms with Gasteiger partial charge in [-0.1, -0.05) is 88.7 Å². The van der Waals surface area contributed by atoms with Gasteiger partial charge in [-0.2, -0.15) is 0 Å². The molecule has 3 aromatic carbocycles. The molecule has 0 aliphatic rings. The van der Waals surface area contributed by atoms with Crippen LogP contribution >= 0.6 is 23.1 Å². The molecule has 0 radical (unpaired) electrons. The Hall–Kier alpha value is -2.49. The van der Waals surface area contributed by atoms with Gasteiger partial charge in [-0.25, -0.2) is 0 Å². The first kappa shape index (κ1) is 20.2. The van der Waals surface area contributed by atoms with Crippen molar-refractivity contribution in [1.29, 1.82) is 0 Å². The molecule has 0 aliphatic heterocycles. The highest BCUT2D eigenvalue weighted by atomic mass is 79.9. The number of Topliss-reactive ketones (excluding diaryl/α,β-unsaturated/α-hetero) is 1. The van der Waals surface area contributed by atoms with E-state index in [1.54, 1.807) is 72.8 Å². The van der Waals surface area contributed by atoms with Crippen molar-refractivity contribution in [3.63, 3.8) is 0 Å². The lowest BCUT2D eigenvalue weighted by atomic mass is 10.1. The van der Waals surface area contributed by atoms with Gasteiger partial charge in [0.2, 0.25) is 0 Å².